The van der Waals surface area contributed by atoms with E-state index < -0.39 is 26.9 Å². The number of nitrogens with zero attached hydrogens (tertiary/aromatic N) is 2. The van der Waals surface area contributed by atoms with Crippen molar-refractivity contribution in [2.24, 2.45) is 5.73 Å². The molecular formula is C15H16N4O7S. The Morgan fingerprint density at radius 1 is 1.07 bits per heavy atom. The number of amides is 2. The van der Waals surface area contributed by atoms with Crippen LogP contribution in [0.5, 0.6) is 11.5 Å². The summed E-state index contributed by atoms with van der Waals surface area (Å²) >= 11 is 0. The topological polar surface area (TPSA) is 160 Å². The molecule has 144 valence electrons. The number of hydrogen-bond acceptors (Lipinski definition) is 9. The lowest BCUT2D eigenvalue weighted by Gasteiger charge is -2.19. The first kappa shape index (κ1) is 19.9. The highest BCUT2D eigenvalue weighted by atomic mass is 32.2. The lowest BCUT2D eigenvalue weighted by atomic mass is 10.0. The van der Waals surface area contributed by atoms with Crippen LogP contribution in [0.2, 0.25) is 0 Å². The highest BCUT2D eigenvalue weighted by molar-refractivity contribution is 7.90. The van der Waals surface area contributed by atoms with E-state index in [0.29, 0.717) is 0 Å². The van der Waals surface area contributed by atoms with Crippen molar-refractivity contribution in [3.8, 4) is 22.9 Å². The van der Waals surface area contributed by atoms with Crippen LogP contribution in [0.1, 0.15) is 10.4 Å². The van der Waals surface area contributed by atoms with Crippen LogP contribution in [-0.2, 0) is 14.8 Å². The zero-order valence-corrected chi connectivity index (χ0v) is 15.4. The van der Waals surface area contributed by atoms with E-state index in [1.54, 1.807) is 4.72 Å². The Kier molecular flexibility index (Phi) is 5.80. The van der Waals surface area contributed by atoms with Crippen LogP contribution in [0.4, 0.5) is 4.79 Å². The van der Waals surface area contributed by atoms with E-state index in [0.717, 1.165) is 13.2 Å². The average molecular weight is 396 g/mol. The van der Waals surface area contributed by atoms with E-state index in [1.165, 1.54) is 32.7 Å². The number of primary amides is 1. The average Bonchev–Trinajstić information content (AvgIpc) is 2.65. The molecule has 0 saturated carbocycles. The van der Waals surface area contributed by atoms with E-state index in [9.17, 15) is 18.0 Å². The first-order valence-corrected chi connectivity index (χ1v) is 8.72. The van der Waals surface area contributed by atoms with E-state index in [1.807, 2.05) is 0 Å². The van der Waals surface area contributed by atoms with Crippen molar-refractivity contribution in [1.29, 1.82) is 0 Å². The van der Waals surface area contributed by atoms with Gasteiger partial charge in [-0.2, -0.15) is 0 Å². The molecule has 0 atom stereocenters. The summed E-state index contributed by atoms with van der Waals surface area (Å²) in [6.07, 6.45) is 2.68. The molecule has 2 amide bonds. The van der Waals surface area contributed by atoms with Crippen molar-refractivity contribution in [2.75, 3.05) is 21.3 Å². The summed E-state index contributed by atoms with van der Waals surface area (Å²) in [6, 6.07) is 1.33. The molecule has 27 heavy (non-hydrogen) atoms. The molecule has 0 fully saturated rings. The molecule has 0 aliphatic rings. The summed E-state index contributed by atoms with van der Waals surface area (Å²) < 4.78 is 42.1. The van der Waals surface area contributed by atoms with Gasteiger partial charge >= 0.3 is 12.0 Å². The number of carbonyl (C=O) groups excluding carboxylic acids is 2. The van der Waals surface area contributed by atoms with Crippen molar-refractivity contribution >= 4 is 22.0 Å². The van der Waals surface area contributed by atoms with Crippen LogP contribution >= 0.6 is 0 Å². The number of rotatable bonds is 6. The number of methoxy groups -OCH3 is 3. The van der Waals surface area contributed by atoms with Crippen LogP contribution in [-0.4, -0.2) is 51.7 Å². The molecule has 3 N–H and O–H groups in total. The number of nitrogens with two attached hydrogens (primary N) is 1. The summed E-state index contributed by atoms with van der Waals surface area (Å²) in [6.45, 7) is 0. The van der Waals surface area contributed by atoms with Crippen LogP contribution in [0.15, 0.2) is 29.4 Å². The second-order valence-corrected chi connectivity index (χ2v) is 6.51. The predicted octanol–water partition coefficient (Wildman–Crippen LogP) is 0.304. The number of hydrogen-bond donors (Lipinski definition) is 2. The molecule has 2 rings (SSSR count). The lowest BCUT2D eigenvalue weighted by molar-refractivity contribution is 0.0597. The predicted molar refractivity (Wildman–Crippen MR) is 91.8 cm³/mol. The fourth-order valence-electron chi connectivity index (χ4n) is 2.33. The standard InChI is InChI=1S/C15H16N4O7S/c1-24-8-7-9(25-2)12(27(22,23)19-15(16)21)11(10(8)14(20)26-3)13-17-5-4-6-18-13/h4-7H,1-3H3,(H3,16,19,21). The summed E-state index contributed by atoms with van der Waals surface area (Å²) in [4.78, 5) is 31.0. The molecule has 11 nitrogen and oxygen atoms in total. The number of urea groups is 1. The second-order valence-electron chi connectivity index (χ2n) is 4.89. The Hall–Kier alpha value is -3.41. The maximum atomic E-state index is 12.7. The number of carbonyl (C=O) groups is 2. The van der Waals surface area contributed by atoms with Crippen molar-refractivity contribution < 1.29 is 32.2 Å². The molecule has 0 bridgehead atoms. The monoisotopic (exact) mass is 396 g/mol. The molecule has 0 spiro atoms. The van der Waals surface area contributed by atoms with Crippen molar-refractivity contribution in [3.05, 3.63) is 30.1 Å². The summed E-state index contributed by atoms with van der Waals surface area (Å²) in [5.41, 5.74) is 4.42. The third-order valence-corrected chi connectivity index (χ3v) is 4.74. The van der Waals surface area contributed by atoms with Gasteiger partial charge in [0.15, 0.2) is 5.82 Å². The zero-order chi connectivity index (χ0) is 20.2. The number of benzene rings is 1. The number of ether oxygens (including phenoxy) is 3. The van der Waals surface area contributed by atoms with Crippen LogP contribution < -0.4 is 19.9 Å². The zero-order valence-electron chi connectivity index (χ0n) is 14.5. The van der Waals surface area contributed by atoms with Crippen molar-refractivity contribution in [1.82, 2.24) is 14.7 Å². The van der Waals surface area contributed by atoms with E-state index in [4.69, 9.17) is 19.9 Å². The normalized spacial score (nSPS) is 10.8. The molecule has 12 heteroatoms. The van der Waals surface area contributed by atoms with E-state index in [-0.39, 0.29) is 28.5 Å². The molecule has 2 aromatic rings. The van der Waals surface area contributed by atoms with Gasteiger partial charge < -0.3 is 19.9 Å². The highest BCUT2D eigenvalue weighted by Crippen LogP contribution is 2.41. The first-order valence-electron chi connectivity index (χ1n) is 7.23. The molecule has 0 aliphatic carbocycles. The fourth-order valence-corrected chi connectivity index (χ4v) is 3.56. The van der Waals surface area contributed by atoms with Crippen molar-refractivity contribution in [2.45, 2.75) is 4.90 Å². The van der Waals surface area contributed by atoms with Gasteiger partial charge in [-0.15, -0.1) is 0 Å². The number of sulfonamides is 1. The van der Waals surface area contributed by atoms with E-state index in [2.05, 4.69) is 9.97 Å². The molecule has 0 radical (unpaired) electrons. The SMILES string of the molecule is COC(=O)c1c(OC)cc(OC)c(S(=O)(=O)NC(N)=O)c1-c1ncccn1. The van der Waals surface area contributed by atoms with Gasteiger partial charge in [0, 0.05) is 18.5 Å². The molecular weight excluding hydrogens is 380 g/mol. The van der Waals surface area contributed by atoms with Gasteiger partial charge in [-0.3, -0.25) is 0 Å². The van der Waals surface area contributed by atoms with E-state index >= 15 is 0 Å². The maximum Gasteiger partial charge on any atom is 0.342 e. The quantitative estimate of drug-likeness (QED) is 0.655. The smallest absolute Gasteiger partial charge is 0.342 e. The maximum absolute atomic E-state index is 12.7. The highest BCUT2D eigenvalue weighted by Gasteiger charge is 2.34. The minimum absolute atomic E-state index is 0.0424. The van der Waals surface area contributed by atoms with Crippen molar-refractivity contribution in [3.63, 3.8) is 0 Å². The Morgan fingerprint density at radius 2 is 1.67 bits per heavy atom. The van der Waals surface area contributed by atoms with Gasteiger partial charge in [0.2, 0.25) is 0 Å². The summed E-state index contributed by atoms with van der Waals surface area (Å²) in [5.74, 6) is -1.32. The Labute approximate surface area is 154 Å². The van der Waals surface area contributed by atoms with Gasteiger partial charge in [0.1, 0.15) is 22.0 Å². The Morgan fingerprint density at radius 3 is 2.15 bits per heavy atom. The lowest BCUT2D eigenvalue weighted by Crippen LogP contribution is -2.35. The van der Waals surface area contributed by atoms with Gasteiger partial charge in [0.25, 0.3) is 10.0 Å². The second kappa shape index (κ2) is 7.86. The largest absolute Gasteiger partial charge is 0.496 e. The third kappa shape index (κ3) is 3.89. The van der Waals surface area contributed by atoms with Gasteiger partial charge in [0.05, 0.1) is 26.9 Å². The molecule has 1 heterocycles. The van der Waals surface area contributed by atoms with Crippen LogP contribution in [0.25, 0.3) is 11.4 Å². The van der Waals surface area contributed by atoms with Gasteiger partial charge in [-0.05, 0) is 6.07 Å². The third-order valence-electron chi connectivity index (χ3n) is 3.33. The Balaban J connectivity index is 3.05. The summed E-state index contributed by atoms with van der Waals surface area (Å²) in [7, 11) is -0.984. The molecule has 1 aromatic heterocycles. The molecule has 0 saturated heterocycles. The van der Waals surface area contributed by atoms with Gasteiger partial charge in [-0.25, -0.2) is 32.7 Å². The minimum atomic E-state index is -4.56. The molecule has 1 aromatic carbocycles. The molecule has 0 unspecified atom stereocenters. The first-order chi connectivity index (χ1) is 12.8. The minimum Gasteiger partial charge on any atom is -0.496 e. The fraction of sp³-hybridized carbons (Fsp3) is 0.200. The van der Waals surface area contributed by atoms with Crippen LogP contribution in [0, 0.1) is 0 Å². The van der Waals surface area contributed by atoms with Gasteiger partial charge in [-0.1, -0.05) is 0 Å². The number of aromatic nitrogens is 2. The number of nitrogens with one attached hydrogen (secondary N) is 1. The Bertz CT molecular complexity index is 977. The van der Waals surface area contributed by atoms with Crippen LogP contribution in [0.3, 0.4) is 0 Å². The number of esters is 1. The molecule has 0 aliphatic heterocycles. The summed E-state index contributed by atoms with van der Waals surface area (Å²) in [5, 5.41) is 0.